The molecule has 0 fully saturated rings. The molecule has 3 N–H and O–H groups in total. The maximum absolute atomic E-state index is 14.0. The Morgan fingerprint density at radius 3 is 2.53 bits per heavy atom. The number of aromatic amines is 1. The maximum Gasteiger partial charge on any atom is 0.254 e. The van der Waals surface area contributed by atoms with Crippen molar-refractivity contribution in [3.05, 3.63) is 95.9 Å². The van der Waals surface area contributed by atoms with E-state index < -0.39 is 23.7 Å². The van der Waals surface area contributed by atoms with Crippen LogP contribution in [0.4, 0.5) is 10.1 Å². The molecule has 0 aliphatic rings. The lowest BCUT2D eigenvalue weighted by molar-refractivity contribution is -0.118. The third kappa shape index (κ3) is 4.20. The molecule has 1 heterocycles. The molecule has 4 aromatic rings. The number of benzene rings is 3. The Morgan fingerprint density at radius 1 is 0.967 bits per heavy atom. The summed E-state index contributed by atoms with van der Waals surface area (Å²) in [5.74, 6) is -1.69. The second-order valence-corrected chi connectivity index (χ2v) is 6.82. The maximum atomic E-state index is 14.0. The molecule has 4 rings (SSSR count). The van der Waals surface area contributed by atoms with E-state index in [2.05, 4.69) is 20.8 Å². The second-order valence-electron chi connectivity index (χ2n) is 6.82. The van der Waals surface area contributed by atoms with Gasteiger partial charge in [-0.3, -0.25) is 14.7 Å². The van der Waals surface area contributed by atoms with E-state index in [1.54, 1.807) is 24.4 Å². The fraction of sp³-hybridized carbons (Fsp3) is 0.0870. The number of H-pyrrole nitrogens is 1. The van der Waals surface area contributed by atoms with E-state index in [0.717, 1.165) is 16.5 Å². The minimum atomic E-state index is -0.901. The van der Waals surface area contributed by atoms with Gasteiger partial charge in [0.05, 0.1) is 23.0 Å². The molecule has 0 saturated heterocycles. The van der Waals surface area contributed by atoms with Crippen LogP contribution in [0.1, 0.15) is 15.9 Å². The Morgan fingerprint density at radius 2 is 1.73 bits per heavy atom. The van der Waals surface area contributed by atoms with E-state index in [0.29, 0.717) is 5.69 Å². The molecule has 2 amide bonds. The van der Waals surface area contributed by atoms with Gasteiger partial charge >= 0.3 is 0 Å². The van der Waals surface area contributed by atoms with Gasteiger partial charge in [-0.15, -0.1) is 0 Å². The molecular formula is C23H19FN4O2. The number of hydrogen-bond acceptors (Lipinski definition) is 3. The summed E-state index contributed by atoms with van der Waals surface area (Å²) in [5.41, 5.74) is 2.11. The van der Waals surface area contributed by atoms with Crippen LogP contribution in [0, 0.1) is 5.82 Å². The van der Waals surface area contributed by atoms with Crippen LogP contribution >= 0.6 is 0 Å². The number of hydrogen-bond donors (Lipinski definition) is 3. The molecule has 0 radical (unpaired) electrons. The molecule has 3 aromatic carbocycles. The van der Waals surface area contributed by atoms with Crippen LogP contribution in [0.15, 0.2) is 79.0 Å². The van der Waals surface area contributed by atoms with Crippen LogP contribution in [0.3, 0.4) is 0 Å². The Hall–Kier alpha value is -4.00. The van der Waals surface area contributed by atoms with Crippen molar-refractivity contribution < 1.29 is 14.0 Å². The van der Waals surface area contributed by atoms with Crippen LogP contribution in [0.2, 0.25) is 0 Å². The van der Waals surface area contributed by atoms with Crippen LogP contribution in [-0.2, 0) is 11.2 Å². The molecule has 150 valence electrons. The number of amides is 2. The van der Waals surface area contributed by atoms with Crippen LogP contribution in [-0.4, -0.2) is 28.1 Å². The van der Waals surface area contributed by atoms with Crippen LogP contribution < -0.4 is 10.6 Å². The summed E-state index contributed by atoms with van der Waals surface area (Å²) in [6, 6.07) is 19.5. The normalized spacial score (nSPS) is 11.8. The molecule has 1 unspecified atom stereocenters. The number of anilines is 1. The number of aromatic nitrogens is 2. The molecule has 7 heteroatoms. The van der Waals surface area contributed by atoms with E-state index in [-0.39, 0.29) is 12.0 Å². The molecular weight excluding hydrogens is 383 g/mol. The summed E-state index contributed by atoms with van der Waals surface area (Å²) in [6.45, 7) is 0. The SMILES string of the molecule is O=C(NC(Cc1ccccc1)C(=O)Nc1cccc2[nH]ncc12)c1ccccc1F. The van der Waals surface area contributed by atoms with Crippen LogP contribution in [0.5, 0.6) is 0 Å². The lowest BCUT2D eigenvalue weighted by Gasteiger charge is -2.19. The summed E-state index contributed by atoms with van der Waals surface area (Å²) < 4.78 is 14.0. The average molecular weight is 402 g/mol. The van der Waals surface area contributed by atoms with Crippen molar-refractivity contribution in [2.45, 2.75) is 12.5 Å². The molecule has 0 bridgehead atoms. The number of carbonyl (C=O) groups is 2. The minimum absolute atomic E-state index is 0.111. The predicted molar refractivity (Wildman–Crippen MR) is 113 cm³/mol. The van der Waals surface area contributed by atoms with Gasteiger partial charge in [0.25, 0.3) is 5.91 Å². The number of halogens is 1. The molecule has 0 aliphatic heterocycles. The smallest absolute Gasteiger partial charge is 0.254 e. The molecule has 1 atom stereocenters. The highest BCUT2D eigenvalue weighted by atomic mass is 19.1. The van der Waals surface area contributed by atoms with Crippen molar-refractivity contribution >= 4 is 28.4 Å². The second kappa shape index (κ2) is 8.57. The quantitative estimate of drug-likeness (QED) is 0.460. The summed E-state index contributed by atoms with van der Waals surface area (Å²) in [6.07, 6.45) is 1.88. The molecule has 0 spiro atoms. The Kier molecular flexibility index (Phi) is 5.52. The van der Waals surface area contributed by atoms with E-state index in [1.807, 2.05) is 36.4 Å². The first-order chi connectivity index (χ1) is 14.6. The van der Waals surface area contributed by atoms with Crippen LogP contribution in [0.25, 0.3) is 10.9 Å². The average Bonchev–Trinajstić information content (AvgIpc) is 3.24. The molecule has 0 saturated carbocycles. The van der Waals surface area contributed by atoms with Gasteiger partial charge in [-0.1, -0.05) is 48.5 Å². The zero-order valence-electron chi connectivity index (χ0n) is 15.9. The first-order valence-corrected chi connectivity index (χ1v) is 9.44. The van der Waals surface area contributed by atoms with Gasteiger partial charge in [0.1, 0.15) is 11.9 Å². The third-order valence-electron chi connectivity index (χ3n) is 4.77. The van der Waals surface area contributed by atoms with Gasteiger partial charge in [0.2, 0.25) is 5.91 Å². The molecule has 6 nitrogen and oxygen atoms in total. The van der Waals surface area contributed by atoms with Crippen molar-refractivity contribution in [3.63, 3.8) is 0 Å². The summed E-state index contributed by atoms with van der Waals surface area (Å²) in [5, 5.41) is 13.1. The van der Waals surface area contributed by atoms with Crippen molar-refractivity contribution in [1.82, 2.24) is 15.5 Å². The van der Waals surface area contributed by atoms with Crippen molar-refractivity contribution in [2.75, 3.05) is 5.32 Å². The fourth-order valence-electron chi connectivity index (χ4n) is 3.24. The summed E-state index contributed by atoms with van der Waals surface area (Å²) in [4.78, 5) is 25.7. The van der Waals surface area contributed by atoms with Gasteiger partial charge in [0.15, 0.2) is 0 Å². The first kappa shape index (κ1) is 19.3. The van der Waals surface area contributed by atoms with Crippen molar-refractivity contribution in [3.8, 4) is 0 Å². The summed E-state index contributed by atoms with van der Waals surface area (Å²) in [7, 11) is 0. The Labute approximate surface area is 172 Å². The first-order valence-electron chi connectivity index (χ1n) is 9.44. The molecule has 0 aliphatic carbocycles. The highest BCUT2D eigenvalue weighted by Gasteiger charge is 2.24. The fourth-order valence-corrected chi connectivity index (χ4v) is 3.24. The molecule has 30 heavy (non-hydrogen) atoms. The lowest BCUT2D eigenvalue weighted by Crippen LogP contribution is -2.45. The van der Waals surface area contributed by atoms with Gasteiger partial charge in [0, 0.05) is 11.8 Å². The lowest BCUT2D eigenvalue weighted by atomic mass is 10.0. The standard InChI is InChI=1S/C23H19FN4O2/c24-18-10-5-4-9-16(18)22(29)27-21(13-15-7-2-1-3-8-15)23(30)26-19-11-6-12-20-17(19)14-25-28-20/h1-12,14,21H,13H2,(H,25,28)(H,26,30)(H,27,29). The largest absolute Gasteiger partial charge is 0.340 e. The monoisotopic (exact) mass is 402 g/mol. The minimum Gasteiger partial charge on any atom is -0.340 e. The summed E-state index contributed by atoms with van der Waals surface area (Å²) >= 11 is 0. The van der Waals surface area contributed by atoms with E-state index in [4.69, 9.17) is 0 Å². The van der Waals surface area contributed by atoms with E-state index >= 15 is 0 Å². The number of rotatable bonds is 6. The Balaban J connectivity index is 1.59. The number of fused-ring (bicyclic) bond motifs is 1. The zero-order chi connectivity index (χ0) is 20.9. The van der Waals surface area contributed by atoms with Gasteiger partial charge < -0.3 is 10.6 Å². The van der Waals surface area contributed by atoms with Gasteiger partial charge in [-0.25, -0.2) is 4.39 Å². The van der Waals surface area contributed by atoms with E-state index in [1.165, 1.54) is 18.2 Å². The number of carbonyl (C=O) groups excluding carboxylic acids is 2. The van der Waals surface area contributed by atoms with Crippen molar-refractivity contribution in [2.24, 2.45) is 0 Å². The van der Waals surface area contributed by atoms with Gasteiger partial charge in [-0.05, 0) is 29.8 Å². The van der Waals surface area contributed by atoms with Crippen molar-refractivity contribution in [1.29, 1.82) is 0 Å². The third-order valence-corrected chi connectivity index (χ3v) is 4.77. The Bertz CT molecular complexity index is 1190. The highest BCUT2D eigenvalue weighted by Crippen LogP contribution is 2.21. The number of nitrogens with one attached hydrogen (secondary N) is 3. The topological polar surface area (TPSA) is 86.9 Å². The zero-order valence-corrected chi connectivity index (χ0v) is 15.9. The highest BCUT2D eigenvalue weighted by molar-refractivity contribution is 6.05. The molecule has 1 aromatic heterocycles. The van der Waals surface area contributed by atoms with Gasteiger partial charge in [-0.2, -0.15) is 5.10 Å². The van der Waals surface area contributed by atoms with E-state index in [9.17, 15) is 14.0 Å². The predicted octanol–water partition coefficient (Wildman–Crippen LogP) is 3.68. The number of nitrogens with zero attached hydrogens (tertiary/aromatic N) is 1.